The Balaban J connectivity index is 1.86. The molecule has 0 unspecified atom stereocenters. The number of sulfonamides is 1. The van der Waals surface area contributed by atoms with Crippen molar-refractivity contribution in [1.82, 2.24) is 5.43 Å². The van der Waals surface area contributed by atoms with Crippen molar-refractivity contribution in [2.75, 3.05) is 45.0 Å². The van der Waals surface area contributed by atoms with E-state index in [-0.39, 0.29) is 4.90 Å². The maximum atomic E-state index is 13.6. The van der Waals surface area contributed by atoms with Gasteiger partial charge >= 0.3 is 0 Å². The molecule has 0 bridgehead atoms. The number of amides is 1. The van der Waals surface area contributed by atoms with E-state index in [4.69, 9.17) is 18.9 Å². The molecule has 208 valence electrons. The molecule has 0 fully saturated rings. The highest BCUT2D eigenvalue weighted by Crippen LogP contribution is 2.37. The number of nitrogens with one attached hydrogen (secondary N) is 1. The maximum absolute atomic E-state index is 13.6. The topological polar surface area (TPSA) is 116 Å². The Morgan fingerprint density at radius 3 is 2.10 bits per heavy atom. The van der Waals surface area contributed by atoms with E-state index in [1.165, 1.54) is 51.4 Å². The third-order valence-corrected chi connectivity index (χ3v) is 7.99. The number of hydrazone groups is 1. The van der Waals surface area contributed by atoms with Gasteiger partial charge in [-0.25, -0.2) is 13.8 Å². The molecule has 0 atom stereocenters. The fraction of sp³-hybridized carbons (Fsp3) is 0.259. The van der Waals surface area contributed by atoms with Crippen LogP contribution < -0.4 is 28.7 Å². The van der Waals surface area contributed by atoms with Crippen molar-refractivity contribution < 1.29 is 32.2 Å². The van der Waals surface area contributed by atoms with Crippen molar-refractivity contribution in [2.45, 2.75) is 16.7 Å². The standard InChI is InChI=1S/C27H31N3O7S2/c1-6-37-21-9-7-20(8-10-21)30(39(32,33)23-13-11-22(38-5)12-14-23)18-26(31)29-28-17-19-15-24(34-2)27(36-4)25(16-19)35-3/h7-17H,6,18H2,1-5H3,(H,29,31)/b28-17-. The van der Waals surface area contributed by atoms with Crippen LogP contribution in [0.15, 0.2) is 75.6 Å². The molecule has 0 aromatic heterocycles. The zero-order valence-corrected chi connectivity index (χ0v) is 24.0. The second-order valence-electron chi connectivity index (χ2n) is 7.87. The highest BCUT2D eigenvalue weighted by atomic mass is 32.2. The van der Waals surface area contributed by atoms with Gasteiger partial charge in [0.2, 0.25) is 5.75 Å². The van der Waals surface area contributed by atoms with Gasteiger partial charge in [0.1, 0.15) is 12.3 Å². The molecule has 1 amide bonds. The molecule has 0 heterocycles. The Hall–Kier alpha value is -3.90. The summed E-state index contributed by atoms with van der Waals surface area (Å²) in [6.45, 7) is 1.81. The average Bonchev–Trinajstić information content (AvgIpc) is 2.96. The minimum Gasteiger partial charge on any atom is -0.494 e. The van der Waals surface area contributed by atoms with Crippen molar-refractivity contribution in [3.63, 3.8) is 0 Å². The Morgan fingerprint density at radius 2 is 1.59 bits per heavy atom. The number of nitrogens with zero attached hydrogens (tertiary/aromatic N) is 2. The number of rotatable bonds is 13. The minimum atomic E-state index is -4.08. The van der Waals surface area contributed by atoms with E-state index in [0.717, 1.165) is 9.20 Å². The van der Waals surface area contributed by atoms with Crippen LogP contribution >= 0.6 is 11.8 Å². The quantitative estimate of drug-likeness (QED) is 0.184. The maximum Gasteiger partial charge on any atom is 0.264 e. The van der Waals surface area contributed by atoms with E-state index in [2.05, 4.69) is 10.5 Å². The predicted molar refractivity (Wildman–Crippen MR) is 152 cm³/mol. The van der Waals surface area contributed by atoms with Gasteiger partial charge in [-0.1, -0.05) is 0 Å². The van der Waals surface area contributed by atoms with E-state index < -0.39 is 22.5 Å². The number of thioether (sulfide) groups is 1. The van der Waals surface area contributed by atoms with Crippen LogP contribution in [0.25, 0.3) is 0 Å². The normalized spacial score (nSPS) is 11.2. The summed E-state index contributed by atoms with van der Waals surface area (Å²) in [6.07, 6.45) is 3.29. The van der Waals surface area contributed by atoms with Crippen LogP contribution in [0.4, 0.5) is 5.69 Å². The second kappa shape index (κ2) is 13.8. The van der Waals surface area contributed by atoms with Crippen LogP contribution in [0.3, 0.4) is 0 Å². The first-order valence-electron chi connectivity index (χ1n) is 11.8. The molecule has 1 N–H and O–H groups in total. The monoisotopic (exact) mass is 573 g/mol. The van der Waals surface area contributed by atoms with Crippen LogP contribution in [-0.2, 0) is 14.8 Å². The Morgan fingerprint density at radius 1 is 0.974 bits per heavy atom. The van der Waals surface area contributed by atoms with Crippen LogP contribution in [0.5, 0.6) is 23.0 Å². The molecule has 3 aromatic rings. The zero-order chi connectivity index (χ0) is 28.4. The van der Waals surface area contributed by atoms with Crippen molar-refractivity contribution >= 4 is 39.6 Å². The van der Waals surface area contributed by atoms with Crippen LogP contribution in [0.1, 0.15) is 12.5 Å². The van der Waals surface area contributed by atoms with Gasteiger partial charge in [-0.15, -0.1) is 11.8 Å². The SMILES string of the molecule is CCOc1ccc(N(CC(=O)N/N=C\c2cc(OC)c(OC)c(OC)c2)S(=O)(=O)c2ccc(SC)cc2)cc1. The summed E-state index contributed by atoms with van der Waals surface area (Å²) >= 11 is 1.50. The fourth-order valence-corrected chi connectivity index (χ4v) is 5.41. The van der Waals surface area contributed by atoms with Gasteiger partial charge in [-0.2, -0.15) is 5.10 Å². The number of ether oxygens (including phenoxy) is 4. The summed E-state index contributed by atoms with van der Waals surface area (Å²) < 4.78 is 49.7. The van der Waals surface area contributed by atoms with Gasteiger partial charge in [0.25, 0.3) is 15.9 Å². The van der Waals surface area contributed by atoms with E-state index in [0.29, 0.717) is 40.9 Å². The van der Waals surface area contributed by atoms with Crippen molar-refractivity contribution in [1.29, 1.82) is 0 Å². The summed E-state index contributed by atoms with van der Waals surface area (Å²) in [4.78, 5) is 13.9. The van der Waals surface area contributed by atoms with Gasteiger partial charge in [-0.3, -0.25) is 9.10 Å². The van der Waals surface area contributed by atoms with Crippen molar-refractivity contribution in [2.24, 2.45) is 5.10 Å². The third-order valence-electron chi connectivity index (χ3n) is 5.46. The minimum absolute atomic E-state index is 0.0582. The molecule has 3 rings (SSSR count). The molecule has 3 aromatic carbocycles. The van der Waals surface area contributed by atoms with Gasteiger partial charge in [0.05, 0.1) is 44.7 Å². The summed E-state index contributed by atoms with van der Waals surface area (Å²) in [5.41, 5.74) is 3.26. The second-order valence-corrected chi connectivity index (χ2v) is 10.6. The van der Waals surface area contributed by atoms with Crippen molar-refractivity contribution in [3.8, 4) is 23.0 Å². The molecule has 0 radical (unpaired) electrons. The van der Waals surface area contributed by atoms with Gasteiger partial charge in [0.15, 0.2) is 11.5 Å². The van der Waals surface area contributed by atoms with Gasteiger partial charge in [0, 0.05) is 10.5 Å². The summed E-state index contributed by atoms with van der Waals surface area (Å²) in [6, 6.07) is 16.3. The number of carbonyl (C=O) groups excluding carboxylic acids is 1. The van der Waals surface area contributed by atoms with Crippen LogP contribution in [0.2, 0.25) is 0 Å². The first-order valence-corrected chi connectivity index (χ1v) is 14.4. The molecule has 39 heavy (non-hydrogen) atoms. The predicted octanol–water partition coefficient (Wildman–Crippen LogP) is 4.18. The third kappa shape index (κ3) is 7.36. The van der Waals surface area contributed by atoms with Gasteiger partial charge in [-0.05, 0) is 73.8 Å². The molecule has 0 aliphatic carbocycles. The Labute approximate surface area is 233 Å². The highest BCUT2D eigenvalue weighted by Gasteiger charge is 2.27. The van der Waals surface area contributed by atoms with E-state index in [1.807, 2.05) is 13.2 Å². The number of hydrogen-bond donors (Lipinski definition) is 1. The Kier molecular flexibility index (Phi) is 10.5. The van der Waals surface area contributed by atoms with E-state index in [1.54, 1.807) is 48.5 Å². The molecule has 0 saturated carbocycles. The first kappa shape index (κ1) is 29.7. The highest BCUT2D eigenvalue weighted by molar-refractivity contribution is 7.98. The van der Waals surface area contributed by atoms with Gasteiger partial charge < -0.3 is 18.9 Å². The molecule has 12 heteroatoms. The lowest BCUT2D eigenvalue weighted by atomic mass is 10.2. The Bertz CT molecular complexity index is 1370. The largest absolute Gasteiger partial charge is 0.494 e. The lowest BCUT2D eigenvalue weighted by Crippen LogP contribution is -2.39. The number of hydrogen-bond acceptors (Lipinski definition) is 9. The van der Waals surface area contributed by atoms with Crippen LogP contribution in [0, 0.1) is 0 Å². The average molecular weight is 574 g/mol. The molecule has 0 spiro atoms. The summed E-state index contributed by atoms with van der Waals surface area (Å²) in [7, 11) is 0.398. The summed E-state index contributed by atoms with van der Waals surface area (Å²) in [5, 5.41) is 3.99. The smallest absolute Gasteiger partial charge is 0.264 e. The fourth-order valence-electron chi connectivity index (χ4n) is 3.59. The lowest BCUT2D eigenvalue weighted by molar-refractivity contribution is -0.119. The number of carbonyl (C=O) groups is 1. The molecule has 10 nitrogen and oxygen atoms in total. The molecular formula is C27H31N3O7S2. The van der Waals surface area contributed by atoms with Crippen molar-refractivity contribution in [3.05, 3.63) is 66.2 Å². The summed E-state index contributed by atoms with van der Waals surface area (Å²) in [5.74, 6) is 1.21. The molecular weight excluding hydrogens is 542 g/mol. The number of anilines is 1. The van der Waals surface area contributed by atoms with E-state index in [9.17, 15) is 13.2 Å². The number of methoxy groups -OCH3 is 3. The van der Waals surface area contributed by atoms with E-state index >= 15 is 0 Å². The molecule has 0 aliphatic heterocycles. The zero-order valence-electron chi connectivity index (χ0n) is 22.3. The number of benzene rings is 3. The first-order chi connectivity index (χ1) is 18.8. The lowest BCUT2D eigenvalue weighted by Gasteiger charge is -2.24. The molecule has 0 aliphatic rings. The molecule has 0 saturated heterocycles. The van der Waals surface area contributed by atoms with Crippen LogP contribution in [-0.4, -0.2) is 61.3 Å².